The third-order valence-corrected chi connectivity index (χ3v) is 43.0. The first kappa shape index (κ1) is 84.5. The number of nitrogens with two attached hydrogens (primary N) is 1. The first-order valence-corrected chi connectivity index (χ1v) is 48.9. The second kappa shape index (κ2) is 31.4. The zero-order chi connectivity index (χ0) is 81.0. The third kappa shape index (κ3) is 13.6. The first-order valence-electron chi connectivity index (χ1n) is 47.9. The van der Waals surface area contributed by atoms with Gasteiger partial charge < -0.3 is 26.3 Å². The lowest BCUT2D eigenvalue weighted by atomic mass is 9.47. The van der Waals surface area contributed by atoms with Crippen LogP contribution in [-0.4, -0.2) is 62.1 Å². The van der Waals surface area contributed by atoms with Crippen molar-refractivity contribution in [3.8, 4) is 24.7 Å². The van der Waals surface area contributed by atoms with Crippen molar-refractivity contribution in [2.75, 3.05) is 0 Å². The van der Waals surface area contributed by atoms with E-state index >= 15 is 0 Å². The van der Waals surface area contributed by atoms with Crippen molar-refractivity contribution in [1.82, 2.24) is 0 Å². The molecule has 0 amide bonds. The Morgan fingerprint density at radius 2 is 0.702 bits per heavy atom. The molecular weight excluding hydrogens is 1510 g/mol. The number of hydrazone groups is 1. The number of aliphatic hydroxyl groups is 4. The summed E-state index contributed by atoms with van der Waals surface area (Å²) in [7, 11) is 0. The summed E-state index contributed by atoms with van der Waals surface area (Å²) >= 11 is 2.49. The van der Waals surface area contributed by atoms with Gasteiger partial charge in [-0.15, -0.1) is 24.7 Å². The molecule has 0 bridgehead atoms. The Kier molecular flexibility index (Phi) is 23.3. The van der Waals surface area contributed by atoms with E-state index in [2.05, 4.69) is 147 Å². The number of halogens is 1. The van der Waals surface area contributed by atoms with Gasteiger partial charge in [0.05, 0.1) is 24.4 Å². The lowest BCUT2D eigenvalue weighted by Crippen LogP contribution is -2.50. The van der Waals surface area contributed by atoms with Gasteiger partial charge in [0.15, 0.2) is 5.78 Å². The molecule has 0 spiro atoms. The van der Waals surface area contributed by atoms with Crippen LogP contribution < -0.4 is 5.84 Å². The van der Waals surface area contributed by atoms with Crippen molar-refractivity contribution in [3.63, 3.8) is 0 Å². The smallest absolute Gasteiger partial charge is 0.155 e. The van der Waals surface area contributed by atoms with E-state index in [1.807, 2.05) is 13.0 Å². The van der Waals surface area contributed by atoms with E-state index in [4.69, 9.17) is 18.7 Å². The van der Waals surface area contributed by atoms with Crippen molar-refractivity contribution < 1.29 is 30.0 Å². The van der Waals surface area contributed by atoms with Gasteiger partial charge in [-0.05, 0) is 445 Å². The fourth-order valence-electron chi connectivity index (χ4n) is 35.6. The quantitative estimate of drug-likeness (QED) is 0.0471. The Morgan fingerprint density at radius 1 is 0.395 bits per heavy atom. The van der Waals surface area contributed by atoms with E-state index < -0.39 is 0 Å². The predicted molar refractivity (Wildman–Crippen MR) is 474 cm³/mol. The molecule has 20 aliphatic rings. The molecule has 0 aromatic heterocycles. The highest BCUT2D eigenvalue weighted by molar-refractivity contribution is 14.1. The monoisotopic (exact) mass is 1670 g/mol. The van der Waals surface area contributed by atoms with Crippen LogP contribution in [0.2, 0.25) is 0 Å². The van der Waals surface area contributed by atoms with Crippen molar-refractivity contribution in [2.24, 2.45) is 183 Å². The number of allylic oxidation sites excluding steroid dienone is 6. The Bertz CT molecular complexity index is 3870. The zero-order valence-electron chi connectivity index (χ0n) is 73.4. The van der Waals surface area contributed by atoms with Gasteiger partial charge in [-0.2, -0.15) is 5.10 Å². The molecule has 114 heavy (non-hydrogen) atoms. The summed E-state index contributed by atoms with van der Waals surface area (Å²) in [4.78, 5) is 24.0. The van der Waals surface area contributed by atoms with E-state index in [0.29, 0.717) is 84.0 Å². The minimum absolute atomic E-state index is 0.0852. The van der Waals surface area contributed by atoms with Crippen molar-refractivity contribution in [1.29, 1.82) is 0 Å². The molecule has 628 valence electrons. The fourth-order valence-corrected chi connectivity index (χ4v) is 36.7. The van der Waals surface area contributed by atoms with E-state index in [1.165, 1.54) is 183 Å². The molecule has 6 N–H and O–H groups in total. The van der Waals surface area contributed by atoms with E-state index in [0.717, 1.165) is 184 Å². The normalized spacial score (nSPS) is 52.0. The summed E-state index contributed by atoms with van der Waals surface area (Å²) in [5.74, 6) is 27.6. The van der Waals surface area contributed by atoms with Crippen LogP contribution in [-0.2, 0) is 9.59 Å². The number of ketones is 2. The summed E-state index contributed by atoms with van der Waals surface area (Å²) in [6.07, 6.45) is 71.1. The molecule has 9 heteroatoms. The number of aliphatic hydroxyl groups excluding tert-OH is 4. The van der Waals surface area contributed by atoms with Gasteiger partial charge in [0.2, 0.25) is 0 Å². The van der Waals surface area contributed by atoms with E-state index in [9.17, 15) is 30.0 Å². The molecule has 34 atom stereocenters. The number of hydrogen-bond acceptors (Lipinski definition) is 8. The summed E-state index contributed by atoms with van der Waals surface area (Å²) in [5, 5.41) is 44.4. The maximum Gasteiger partial charge on any atom is 0.155 e. The number of carbonyl (C=O) groups is 2. The molecule has 0 aromatic rings. The maximum absolute atomic E-state index is 12.2. The largest absolute Gasteiger partial charge is 0.393 e. The van der Waals surface area contributed by atoms with Gasteiger partial charge in [-0.3, -0.25) is 9.59 Å². The molecule has 20 aliphatic carbocycles. The van der Waals surface area contributed by atoms with Gasteiger partial charge >= 0.3 is 0 Å². The van der Waals surface area contributed by atoms with Crippen molar-refractivity contribution >= 4 is 39.9 Å². The predicted octanol–water partition coefficient (Wildman–Crippen LogP) is 24.0. The minimum atomic E-state index is -0.117. The van der Waals surface area contributed by atoms with Gasteiger partial charge in [-0.25, -0.2) is 0 Å². The Hall–Kier alpha value is -3.06. The fraction of sp³-hybridized carbons (Fsp3) is 0.819. The second-order valence-electron chi connectivity index (χ2n) is 46.1. The van der Waals surface area contributed by atoms with Crippen LogP contribution in [0, 0.1) is 197 Å². The van der Waals surface area contributed by atoms with Gasteiger partial charge in [0.1, 0.15) is 5.78 Å². The molecule has 15 saturated carbocycles. The summed E-state index contributed by atoms with van der Waals surface area (Å²) < 4.78 is 1.39. The molecule has 20 rings (SSSR count). The molecule has 0 radical (unpaired) electrons. The van der Waals surface area contributed by atoms with Crippen molar-refractivity contribution in [3.05, 3.63) is 68.4 Å². The van der Waals surface area contributed by atoms with Crippen LogP contribution >= 0.6 is 22.6 Å². The molecule has 0 heterocycles. The summed E-state index contributed by atoms with van der Waals surface area (Å²) in [6.45, 7) is 33.2. The van der Waals surface area contributed by atoms with Crippen LogP contribution in [0.3, 0.4) is 0 Å². The molecule has 0 saturated heterocycles. The number of fused-ring (bicyclic) bond motifs is 25. The highest BCUT2D eigenvalue weighted by Gasteiger charge is 2.65. The topological polar surface area (TPSA) is 153 Å². The standard InChI is InChI=1S/C21H31IO.C21H34N2O.C21H32O2.C21H30O.C21H28O/c1-13(22)17-6-7-18-16-5-4-14-12-15(23)8-10-20(14,2)19(16)9-11-21(17,18)3;1-13(23-22)17-6-7-18-16-5-4-14-12-15(24)8-10-20(14,2)19(16)9-11-21(17,18)3;1-13(22)17-6-7-18-16-5-4-14-12-15(23)8-10-20(14,2)19(16)9-11-21(17,18)3;2*1-4-14-6-8-18-17-7-5-15-13-16(22)9-11-21(15,3)19(17)10-12-20(14,18)2/h4,15-19,23H,1,5-12H2,2-3H3;4,15-19,24H,5-12,22H2,1-3H3;4,15-19,23H,5-12H2,1-3H3;1,5,14,16-19,22H,6-13H2,2-3H3;1,13-14,17-19H,5-12H2,2-3H3/b;23-13-;;;/t3*15?,16?,17-,18?,19?,20+,21-;14-,16?,17?,18?,19?,20+,21-;14-,17?,18?,19?,20+,21-/m11100/s1. The number of terminal acetylenes is 2. The number of rotatable bonds is 3. The van der Waals surface area contributed by atoms with Crippen LogP contribution in [0.1, 0.15) is 340 Å². The molecule has 8 nitrogen and oxygen atoms in total. The Labute approximate surface area is 705 Å². The van der Waals surface area contributed by atoms with E-state index in [-0.39, 0.29) is 29.8 Å². The second-order valence-corrected chi connectivity index (χ2v) is 47.5. The number of nitrogens with zero attached hydrogens (tertiary/aromatic N) is 1. The minimum Gasteiger partial charge on any atom is -0.393 e. The van der Waals surface area contributed by atoms with E-state index in [1.54, 1.807) is 22.3 Å². The lowest BCUT2D eigenvalue weighted by molar-refractivity contribution is -0.127. The maximum atomic E-state index is 12.2. The van der Waals surface area contributed by atoms with Crippen LogP contribution in [0.25, 0.3) is 0 Å². The summed E-state index contributed by atoms with van der Waals surface area (Å²) in [6, 6.07) is 0. The van der Waals surface area contributed by atoms with Crippen molar-refractivity contribution in [2.45, 2.75) is 364 Å². The van der Waals surface area contributed by atoms with Crippen LogP contribution in [0.5, 0.6) is 0 Å². The SMILES string of the molecule is C#C[C@H]1CCC2C3CC=C4CC(O)CC[C@]4(C)C3CC[C@@]21C.C#C[C@H]1CCC2C3CCC4=CC(=O)CC[C@]4(C)C3CC[C@@]21C.C/C(=N/N)[C@H]1CCC2C3CC=C4CC(O)CC[C@]4(C)C3CC[C@@]21C.C=C(I)[C@H]1CCC2C3CC=C4CC(O)CC[C@]4(C)C3CC[C@@]21C.CC(=O)[C@H]1CCC2C3CC=C4CC(O)CC[C@]4(C)C3CC[C@@]21C. The molecule has 0 aliphatic heterocycles. The number of carbonyl (C=O) groups excluding carboxylic acids is 2. The molecule has 19 unspecified atom stereocenters. The van der Waals surface area contributed by atoms with Gasteiger partial charge in [0, 0.05) is 35.8 Å². The zero-order valence-corrected chi connectivity index (χ0v) is 75.6. The third-order valence-electron chi connectivity index (χ3n) is 42.3. The highest BCUT2D eigenvalue weighted by Crippen LogP contribution is 2.73. The van der Waals surface area contributed by atoms with Crippen LogP contribution in [0.4, 0.5) is 0 Å². The molecular formula is C105H155IN2O6. The molecule has 15 fully saturated rings. The summed E-state index contributed by atoms with van der Waals surface area (Å²) in [5.41, 5.74) is 12.5. The lowest BCUT2D eigenvalue weighted by Gasteiger charge is -2.58. The number of hydrogen-bond donors (Lipinski definition) is 5. The Balaban J connectivity index is 0.000000107. The Morgan fingerprint density at radius 3 is 1.06 bits per heavy atom. The van der Waals surface area contributed by atoms with Gasteiger partial charge in [0.25, 0.3) is 0 Å². The number of Topliss-reactive ketones (excluding diaryl/α,β-unsaturated/α-hetero) is 1. The average Bonchev–Trinajstić information content (AvgIpc) is 1.45. The average molecular weight is 1670 g/mol. The highest BCUT2D eigenvalue weighted by atomic mass is 127. The van der Waals surface area contributed by atoms with Crippen LogP contribution in [0.15, 0.2) is 73.5 Å². The van der Waals surface area contributed by atoms with Gasteiger partial charge in [-0.1, -0.05) is 128 Å². The molecule has 0 aromatic carbocycles. The first-order chi connectivity index (χ1) is 54.1.